The minimum absolute atomic E-state index is 0.0321. The van der Waals surface area contributed by atoms with Crippen molar-refractivity contribution in [3.63, 3.8) is 0 Å². The summed E-state index contributed by atoms with van der Waals surface area (Å²) in [5.41, 5.74) is 0.0472. The van der Waals surface area contributed by atoms with Crippen LogP contribution >= 0.6 is 0 Å². The van der Waals surface area contributed by atoms with E-state index < -0.39 is 11.4 Å². The van der Waals surface area contributed by atoms with Gasteiger partial charge in [0.15, 0.2) is 11.5 Å². The first-order valence-electron chi connectivity index (χ1n) is 8.70. The molecule has 0 aromatic heterocycles. The maximum absolute atomic E-state index is 12.4. The highest BCUT2D eigenvalue weighted by Crippen LogP contribution is 2.38. The molecular weight excluding hydrogens is 362 g/mol. The van der Waals surface area contributed by atoms with Crippen molar-refractivity contribution in [3.05, 3.63) is 53.6 Å². The van der Waals surface area contributed by atoms with E-state index in [0.29, 0.717) is 28.4 Å². The normalized spacial score (nSPS) is 12.6. The van der Waals surface area contributed by atoms with Crippen LogP contribution in [0.15, 0.2) is 42.5 Å². The van der Waals surface area contributed by atoms with Gasteiger partial charge in [-0.25, -0.2) is 0 Å². The van der Waals surface area contributed by atoms with Gasteiger partial charge in [-0.15, -0.1) is 0 Å². The van der Waals surface area contributed by atoms with Gasteiger partial charge in [0.2, 0.25) is 11.7 Å². The Kier molecular flexibility index (Phi) is 6.87. The number of ether oxygens (including phenoxy) is 3. The van der Waals surface area contributed by atoms with E-state index >= 15 is 0 Å². The van der Waals surface area contributed by atoms with Gasteiger partial charge in [0.25, 0.3) is 0 Å². The molecule has 2 aromatic carbocycles. The van der Waals surface area contributed by atoms with Crippen LogP contribution in [0.4, 0.5) is 0 Å². The van der Waals surface area contributed by atoms with E-state index in [4.69, 9.17) is 14.2 Å². The van der Waals surface area contributed by atoms with Crippen molar-refractivity contribution in [3.8, 4) is 17.2 Å². The highest BCUT2D eigenvalue weighted by Gasteiger charge is 2.35. The lowest BCUT2D eigenvalue weighted by atomic mass is 9.82. The predicted octanol–water partition coefficient (Wildman–Crippen LogP) is 2.41. The molecule has 2 aromatic rings. The van der Waals surface area contributed by atoms with Gasteiger partial charge >= 0.3 is 5.97 Å². The third-order valence-electron chi connectivity index (χ3n) is 4.61. The Hall–Kier alpha value is -3.22. The largest absolute Gasteiger partial charge is 0.493 e. The van der Waals surface area contributed by atoms with Crippen LogP contribution in [-0.4, -0.2) is 44.9 Å². The topological polar surface area (TPSA) is 94.1 Å². The van der Waals surface area contributed by atoms with E-state index in [-0.39, 0.29) is 18.9 Å². The molecule has 0 aliphatic rings. The maximum atomic E-state index is 12.4. The lowest BCUT2D eigenvalue weighted by Gasteiger charge is -2.25. The first-order valence-corrected chi connectivity index (χ1v) is 8.70. The fourth-order valence-corrected chi connectivity index (χ4v) is 2.87. The Morgan fingerprint density at radius 3 is 2.04 bits per heavy atom. The summed E-state index contributed by atoms with van der Waals surface area (Å²) in [5.74, 6) is 0.0229. The predicted molar refractivity (Wildman–Crippen MR) is 104 cm³/mol. The van der Waals surface area contributed by atoms with Gasteiger partial charge in [0.1, 0.15) is 5.41 Å². The fourth-order valence-electron chi connectivity index (χ4n) is 2.87. The highest BCUT2D eigenvalue weighted by atomic mass is 16.5. The first-order chi connectivity index (χ1) is 13.3. The molecular formula is C21H25NO6. The van der Waals surface area contributed by atoms with E-state index in [1.165, 1.54) is 21.3 Å². The average molecular weight is 387 g/mol. The minimum atomic E-state index is -1.23. The molecule has 0 aliphatic carbocycles. The molecule has 150 valence electrons. The Bertz CT molecular complexity index is 811. The van der Waals surface area contributed by atoms with E-state index in [1.54, 1.807) is 43.3 Å². The van der Waals surface area contributed by atoms with Crippen molar-refractivity contribution in [2.75, 3.05) is 27.9 Å². The molecule has 1 amide bonds. The standard InChI is InChI=1S/C21H25NO6/c1-21(20(24)25,15-8-6-5-7-9-15)13-22-18(23)12-14-10-16(26-2)19(28-4)17(11-14)27-3/h5-11H,12-13H2,1-4H3,(H,22,23)(H,24,25). The number of carboxylic acids is 1. The molecule has 0 bridgehead atoms. The van der Waals surface area contributed by atoms with E-state index in [0.717, 1.165) is 0 Å². The van der Waals surface area contributed by atoms with Crippen molar-refractivity contribution < 1.29 is 28.9 Å². The van der Waals surface area contributed by atoms with Crippen LogP contribution in [0.2, 0.25) is 0 Å². The second-order valence-corrected chi connectivity index (χ2v) is 6.49. The summed E-state index contributed by atoms with van der Waals surface area (Å²) < 4.78 is 15.9. The smallest absolute Gasteiger partial charge is 0.315 e. The molecule has 1 unspecified atom stereocenters. The zero-order chi connectivity index (χ0) is 20.7. The Morgan fingerprint density at radius 2 is 1.57 bits per heavy atom. The molecule has 28 heavy (non-hydrogen) atoms. The zero-order valence-electron chi connectivity index (χ0n) is 16.4. The number of nitrogens with one attached hydrogen (secondary N) is 1. The van der Waals surface area contributed by atoms with Crippen LogP contribution in [0.5, 0.6) is 17.2 Å². The third-order valence-corrected chi connectivity index (χ3v) is 4.61. The fraction of sp³-hybridized carbons (Fsp3) is 0.333. The third kappa shape index (κ3) is 4.54. The number of carboxylic acid groups (broad SMARTS) is 1. The molecule has 0 spiro atoms. The van der Waals surface area contributed by atoms with Gasteiger partial charge in [-0.05, 0) is 30.2 Å². The molecule has 2 rings (SSSR count). The van der Waals surface area contributed by atoms with Crippen LogP contribution < -0.4 is 19.5 Å². The zero-order valence-corrected chi connectivity index (χ0v) is 16.4. The van der Waals surface area contributed by atoms with Crippen molar-refractivity contribution in [2.45, 2.75) is 18.8 Å². The summed E-state index contributed by atoms with van der Waals surface area (Å²) in [7, 11) is 4.50. The Morgan fingerprint density at radius 1 is 1.00 bits per heavy atom. The van der Waals surface area contributed by atoms with Crippen molar-refractivity contribution in [1.29, 1.82) is 0 Å². The number of benzene rings is 2. The second kappa shape index (κ2) is 9.12. The maximum Gasteiger partial charge on any atom is 0.315 e. The molecule has 1 atom stereocenters. The Balaban J connectivity index is 2.14. The number of aliphatic carboxylic acids is 1. The number of carbonyl (C=O) groups is 2. The lowest BCUT2D eigenvalue weighted by molar-refractivity contribution is -0.143. The molecule has 7 heteroatoms. The number of hydrogen-bond donors (Lipinski definition) is 2. The van der Waals surface area contributed by atoms with Gasteiger partial charge in [-0.2, -0.15) is 0 Å². The Labute approximate surface area is 164 Å². The summed E-state index contributed by atoms with van der Waals surface area (Å²) in [6, 6.07) is 12.2. The molecule has 2 N–H and O–H groups in total. The molecule has 0 aliphatic heterocycles. The highest BCUT2D eigenvalue weighted by molar-refractivity contribution is 5.84. The number of rotatable bonds is 9. The quantitative estimate of drug-likeness (QED) is 0.686. The van der Waals surface area contributed by atoms with Gasteiger partial charge in [0, 0.05) is 6.54 Å². The first kappa shape index (κ1) is 21.1. The van der Waals surface area contributed by atoms with Crippen LogP contribution in [0, 0.1) is 0 Å². The van der Waals surface area contributed by atoms with Gasteiger partial charge < -0.3 is 24.6 Å². The molecule has 0 radical (unpaired) electrons. The average Bonchev–Trinajstić information content (AvgIpc) is 2.71. The summed E-state index contributed by atoms with van der Waals surface area (Å²) >= 11 is 0. The number of amides is 1. The molecule has 0 saturated carbocycles. The second-order valence-electron chi connectivity index (χ2n) is 6.49. The number of carbonyl (C=O) groups excluding carboxylic acids is 1. The molecule has 0 heterocycles. The summed E-state index contributed by atoms with van der Waals surface area (Å²) in [6.45, 7) is 1.56. The van der Waals surface area contributed by atoms with E-state index in [9.17, 15) is 14.7 Å². The number of methoxy groups -OCH3 is 3. The van der Waals surface area contributed by atoms with Gasteiger partial charge in [-0.1, -0.05) is 30.3 Å². The monoisotopic (exact) mass is 387 g/mol. The van der Waals surface area contributed by atoms with E-state index in [1.807, 2.05) is 6.07 Å². The minimum Gasteiger partial charge on any atom is -0.493 e. The van der Waals surface area contributed by atoms with Gasteiger partial charge in [0.05, 0.1) is 27.8 Å². The lowest BCUT2D eigenvalue weighted by Crippen LogP contribution is -2.44. The SMILES string of the molecule is COc1cc(CC(=O)NCC(C)(C(=O)O)c2ccccc2)cc(OC)c1OC. The summed E-state index contributed by atoms with van der Waals surface area (Å²) in [5, 5.41) is 12.4. The molecule has 0 saturated heterocycles. The van der Waals surface area contributed by atoms with Crippen LogP contribution in [0.25, 0.3) is 0 Å². The van der Waals surface area contributed by atoms with Crippen molar-refractivity contribution >= 4 is 11.9 Å². The van der Waals surface area contributed by atoms with E-state index in [2.05, 4.69) is 5.32 Å². The summed E-state index contributed by atoms with van der Waals surface area (Å²) in [4.78, 5) is 24.3. The van der Waals surface area contributed by atoms with Crippen LogP contribution in [0.1, 0.15) is 18.1 Å². The van der Waals surface area contributed by atoms with Gasteiger partial charge in [-0.3, -0.25) is 9.59 Å². The van der Waals surface area contributed by atoms with Crippen molar-refractivity contribution in [2.24, 2.45) is 0 Å². The summed E-state index contributed by atoms with van der Waals surface area (Å²) in [6.07, 6.45) is 0.0429. The van der Waals surface area contributed by atoms with Crippen LogP contribution in [-0.2, 0) is 21.4 Å². The molecule has 7 nitrogen and oxygen atoms in total. The van der Waals surface area contributed by atoms with Crippen LogP contribution in [0.3, 0.4) is 0 Å². The van der Waals surface area contributed by atoms with Crippen molar-refractivity contribution in [1.82, 2.24) is 5.32 Å². The number of hydrogen-bond acceptors (Lipinski definition) is 5. The molecule has 0 fully saturated rings.